The number of aromatic nitrogens is 2. The van der Waals surface area contributed by atoms with Crippen LogP contribution in [0.2, 0.25) is 0 Å². The minimum atomic E-state index is -3.71. The van der Waals surface area contributed by atoms with Crippen LogP contribution in [0.3, 0.4) is 0 Å². The van der Waals surface area contributed by atoms with E-state index in [1.54, 1.807) is 36.7 Å². The van der Waals surface area contributed by atoms with Gasteiger partial charge in [-0.05, 0) is 35.9 Å². The number of nitrogens with two attached hydrogens (primary N) is 1. The van der Waals surface area contributed by atoms with E-state index in [0.717, 1.165) is 16.6 Å². The Morgan fingerprint density at radius 3 is 2.62 bits per heavy atom. The molecule has 3 rings (SSSR count). The summed E-state index contributed by atoms with van der Waals surface area (Å²) in [5, 5.41) is 10.4. The van der Waals surface area contributed by atoms with Crippen LogP contribution in [0.15, 0.2) is 53.7 Å². The summed E-state index contributed by atoms with van der Waals surface area (Å²) in [6, 6.07) is 10.9. The van der Waals surface area contributed by atoms with Crippen LogP contribution >= 0.6 is 0 Å². The average Bonchev–Trinajstić information content (AvgIpc) is 3.00. The van der Waals surface area contributed by atoms with E-state index < -0.39 is 10.0 Å². The van der Waals surface area contributed by atoms with E-state index in [9.17, 15) is 13.2 Å². The van der Waals surface area contributed by atoms with Crippen molar-refractivity contribution < 1.29 is 13.2 Å². The van der Waals surface area contributed by atoms with Gasteiger partial charge < -0.3 is 15.6 Å². The number of nitrogens with zero attached hydrogens (tertiary/aromatic N) is 1. The molecule has 124 valence electrons. The first-order valence-electron chi connectivity index (χ1n) is 7.01. The molecule has 0 aliphatic carbocycles. The summed E-state index contributed by atoms with van der Waals surface area (Å²) in [5.41, 5.74) is 3.03. The number of carbonyl (C=O) groups excluding carboxylic acids is 1. The maximum absolute atomic E-state index is 11.9. The average molecular weight is 345 g/mol. The van der Waals surface area contributed by atoms with Crippen LogP contribution in [0.5, 0.6) is 0 Å². The largest absolute Gasteiger partial charge is 0.345 e. The van der Waals surface area contributed by atoms with E-state index in [1.807, 2.05) is 0 Å². The maximum Gasteiger partial charge on any atom is 0.319 e. The fraction of sp³-hybridized carbons (Fsp3) is 0.0667. The van der Waals surface area contributed by atoms with Gasteiger partial charge in [-0.25, -0.2) is 23.3 Å². The molecule has 2 amide bonds. The number of carbonyl (C=O) groups is 1. The first-order chi connectivity index (χ1) is 11.4. The minimum absolute atomic E-state index is 0.0311. The van der Waals surface area contributed by atoms with E-state index in [-0.39, 0.29) is 17.5 Å². The lowest BCUT2D eigenvalue weighted by atomic mass is 10.2. The predicted molar refractivity (Wildman–Crippen MR) is 89.8 cm³/mol. The number of sulfonamides is 1. The molecule has 24 heavy (non-hydrogen) atoms. The Balaban J connectivity index is 1.59. The van der Waals surface area contributed by atoms with Gasteiger partial charge >= 0.3 is 6.03 Å². The van der Waals surface area contributed by atoms with Crippen LogP contribution in [0.1, 0.15) is 5.56 Å². The number of primary sulfonamides is 1. The monoisotopic (exact) mass is 345 g/mol. The smallest absolute Gasteiger partial charge is 0.319 e. The summed E-state index contributed by atoms with van der Waals surface area (Å²) in [5.74, 6) is 0. The Labute approximate surface area is 138 Å². The van der Waals surface area contributed by atoms with Crippen molar-refractivity contribution in [2.75, 3.05) is 5.32 Å². The number of aromatic amines is 1. The molecule has 0 radical (unpaired) electrons. The fourth-order valence-corrected chi connectivity index (χ4v) is 2.68. The summed E-state index contributed by atoms with van der Waals surface area (Å²) >= 11 is 0. The normalized spacial score (nSPS) is 11.4. The highest BCUT2D eigenvalue weighted by atomic mass is 32.2. The van der Waals surface area contributed by atoms with E-state index in [4.69, 9.17) is 5.14 Å². The van der Waals surface area contributed by atoms with Crippen molar-refractivity contribution in [3.05, 3.63) is 54.4 Å². The zero-order valence-electron chi connectivity index (χ0n) is 12.5. The van der Waals surface area contributed by atoms with Crippen molar-refractivity contribution in [1.82, 2.24) is 15.3 Å². The lowest BCUT2D eigenvalue weighted by molar-refractivity contribution is 0.251. The molecule has 0 spiro atoms. The van der Waals surface area contributed by atoms with Gasteiger partial charge in [-0.3, -0.25) is 0 Å². The second-order valence-electron chi connectivity index (χ2n) is 5.13. The van der Waals surface area contributed by atoms with E-state index in [1.165, 1.54) is 12.1 Å². The number of hydrogen-bond acceptors (Lipinski definition) is 4. The Kier molecular flexibility index (Phi) is 4.19. The van der Waals surface area contributed by atoms with E-state index >= 15 is 0 Å². The van der Waals surface area contributed by atoms with Crippen molar-refractivity contribution >= 4 is 32.8 Å². The predicted octanol–water partition coefficient (Wildman–Crippen LogP) is 1.53. The van der Waals surface area contributed by atoms with Crippen molar-refractivity contribution in [2.24, 2.45) is 5.14 Å². The van der Waals surface area contributed by atoms with Crippen LogP contribution in [0, 0.1) is 0 Å². The number of hydrogen-bond donors (Lipinski definition) is 4. The number of H-pyrrole nitrogens is 1. The van der Waals surface area contributed by atoms with Gasteiger partial charge in [0, 0.05) is 12.2 Å². The van der Waals surface area contributed by atoms with E-state index in [2.05, 4.69) is 20.6 Å². The molecule has 3 aromatic rings. The summed E-state index contributed by atoms with van der Waals surface area (Å²) in [7, 11) is -3.71. The quantitative estimate of drug-likeness (QED) is 0.571. The van der Waals surface area contributed by atoms with E-state index in [0.29, 0.717) is 5.69 Å². The van der Waals surface area contributed by atoms with Crippen molar-refractivity contribution in [3.63, 3.8) is 0 Å². The van der Waals surface area contributed by atoms with Gasteiger partial charge in [0.15, 0.2) is 0 Å². The molecule has 0 aliphatic heterocycles. The Morgan fingerprint density at radius 1 is 1.17 bits per heavy atom. The van der Waals surface area contributed by atoms with Gasteiger partial charge in [-0.2, -0.15) is 0 Å². The number of rotatable bonds is 4. The maximum atomic E-state index is 11.9. The number of benzene rings is 2. The van der Waals surface area contributed by atoms with Crippen LogP contribution in [-0.2, 0) is 16.6 Å². The molecule has 0 unspecified atom stereocenters. The zero-order valence-corrected chi connectivity index (χ0v) is 13.3. The van der Waals surface area contributed by atoms with Gasteiger partial charge in [0.05, 0.1) is 22.3 Å². The van der Waals surface area contributed by atoms with Crippen molar-refractivity contribution in [3.8, 4) is 0 Å². The molecule has 8 nitrogen and oxygen atoms in total. The third-order valence-electron chi connectivity index (χ3n) is 3.38. The molecule has 0 saturated carbocycles. The summed E-state index contributed by atoms with van der Waals surface area (Å²) in [6.45, 7) is 0.253. The summed E-state index contributed by atoms with van der Waals surface area (Å²) < 4.78 is 22.4. The molecular formula is C15H15N5O3S. The van der Waals surface area contributed by atoms with Crippen LogP contribution < -0.4 is 15.8 Å². The number of urea groups is 1. The lowest BCUT2D eigenvalue weighted by Crippen LogP contribution is -2.28. The highest BCUT2D eigenvalue weighted by Gasteiger charge is 2.07. The highest BCUT2D eigenvalue weighted by Crippen LogP contribution is 2.15. The lowest BCUT2D eigenvalue weighted by Gasteiger charge is -2.08. The molecule has 2 aromatic carbocycles. The molecule has 0 atom stereocenters. The Bertz CT molecular complexity index is 980. The van der Waals surface area contributed by atoms with Crippen molar-refractivity contribution in [2.45, 2.75) is 11.4 Å². The number of fused-ring (bicyclic) bond motifs is 1. The third-order valence-corrected chi connectivity index (χ3v) is 4.31. The molecule has 1 aromatic heterocycles. The van der Waals surface area contributed by atoms with Crippen LogP contribution in [-0.4, -0.2) is 24.4 Å². The summed E-state index contributed by atoms with van der Waals surface area (Å²) in [4.78, 5) is 19.0. The number of amides is 2. The first-order valence-corrected chi connectivity index (χ1v) is 8.56. The topological polar surface area (TPSA) is 130 Å². The molecule has 1 heterocycles. The number of imidazole rings is 1. The van der Waals surface area contributed by atoms with Gasteiger partial charge in [0.1, 0.15) is 0 Å². The molecule has 0 bridgehead atoms. The second-order valence-corrected chi connectivity index (χ2v) is 6.69. The number of nitrogens with one attached hydrogen (secondary N) is 3. The van der Waals surface area contributed by atoms with Crippen molar-refractivity contribution in [1.29, 1.82) is 0 Å². The molecule has 9 heteroatoms. The summed E-state index contributed by atoms with van der Waals surface area (Å²) in [6.07, 6.45) is 1.58. The first kappa shape index (κ1) is 16.0. The van der Waals surface area contributed by atoms with Gasteiger partial charge in [0.2, 0.25) is 10.0 Å². The molecule has 5 N–H and O–H groups in total. The zero-order chi connectivity index (χ0) is 17.2. The molecule has 0 saturated heterocycles. The van der Waals surface area contributed by atoms with Gasteiger partial charge in [-0.15, -0.1) is 0 Å². The molecule has 0 aliphatic rings. The standard InChI is InChI=1S/C15H15N5O3S/c16-24(22,23)12-4-1-10(2-5-12)8-17-15(21)20-11-3-6-13-14(7-11)19-9-18-13/h1-7,9H,8H2,(H,18,19)(H2,16,22,23)(H2,17,20,21). The Morgan fingerprint density at radius 2 is 1.92 bits per heavy atom. The number of anilines is 1. The Hall–Kier alpha value is -2.91. The fourth-order valence-electron chi connectivity index (χ4n) is 2.17. The third kappa shape index (κ3) is 3.70. The van der Waals surface area contributed by atoms with Gasteiger partial charge in [-0.1, -0.05) is 12.1 Å². The minimum Gasteiger partial charge on any atom is -0.345 e. The van der Waals surface area contributed by atoms with Crippen LogP contribution in [0.25, 0.3) is 11.0 Å². The SMILES string of the molecule is NS(=O)(=O)c1ccc(CNC(=O)Nc2ccc3nc[nH]c3c2)cc1. The highest BCUT2D eigenvalue weighted by molar-refractivity contribution is 7.89. The van der Waals surface area contributed by atoms with Crippen LogP contribution in [0.4, 0.5) is 10.5 Å². The molecular weight excluding hydrogens is 330 g/mol. The molecule has 0 fully saturated rings. The van der Waals surface area contributed by atoms with Gasteiger partial charge in [0.25, 0.3) is 0 Å². The second kappa shape index (κ2) is 6.30.